The van der Waals surface area contributed by atoms with E-state index >= 15 is 0 Å². The normalized spacial score (nSPS) is 19.3. The molecule has 0 bridgehead atoms. The summed E-state index contributed by atoms with van der Waals surface area (Å²) in [5, 5.41) is 9.19. The lowest BCUT2D eigenvalue weighted by molar-refractivity contribution is 0.261. The van der Waals surface area contributed by atoms with Crippen LogP contribution in [0.25, 0.3) is 0 Å². The molecule has 1 aromatic heterocycles. The van der Waals surface area contributed by atoms with E-state index in [9.17, 15) is 5.11 Å². The average molecular weight is 267 g/mol. The molecule has 106 valence electrons. The summed E-state index contributed by atoms with van der Waals surface area (Å²) in [4.78, 5) is 10.6. The Kier molecular flexibility index (Phi) is 4.75. The zero-order chi connectivity index (χ0) is 13.7. The minimum Gasteiger partial charge on any atom is -0.490 e. The molecule has 1 unspecified atom stereocenters. The molecule has 7 heteroatoms. The molecule has 1 fully saturated rings. The Labute approximate surface area is 112 Å². The number of nitrogens with one attached hydrogen (secondary N) is 1. The smallest absolute Gasteiger partial charge is 0.205 e. The van der Waals surface area contributed by atoms with E-state index in [1.165, 1.54) is 12.7 Å². The SMILES string of the molecule is COc1c(NN)ncnc1N1CCCCC1CCO. The van der Waals surface area contributed by atoms with Crippen molar-refractivity contribution in [2.45, 2.75) is 31.7 Å². The first kappa shape index (κ1) is 13.8. The number of aromatic nitrogens is 2. The molecule has 7 nitrogen and oxygen atoms in total. The van der Waals surface area contributed by atoms with Crippen molar-refractivity contribution in [3.05, 3.63) is 6.33 Å². The number of anilines is 2. The predicted octanol–water partition coefficient (Wildman–Crippen LogP) is 0.512. The van der Waals surface area contributed by atoms with Crippen LogP contribution in [0.15, 0.2) is 6.33 Å². The van der Waals surface area contributed by atoms with Gasteiger partial charge < -0.3 is 20.2 Å². The number of rotatable bonds is 5. The largest absolute Gasteiger partial charge is 0.490 e. The molecule has 0 amide bonds. The molecule has 1 atom stereocenters. The van der Waals surface area contributed by atoms with Crippen molar-refractivity contribution < 1.29 is 9.84 Å². The van der Waals surface area contributed by atoms with Crippen LogP contribution in [0.1, 0.15) is 25.7 Å². The Morgan fingerprint density at radius 3 is 3.05 bits per heavy atom. The highest BCUT2D eigenvalue weighted by atomic mass is 16.5. The van der Waals surface area contributed by atoms with Crippen molar-refractivity contribution in [3.8, 4) is 5.75 Å². The molecule has 0 radical (unpaired) electrons. The lowest BCUT2D eigenvalue weighted by Crippen LogP contribution is -2.41. The Bertz CT molecular complexity index is 413. The summed E-state index contributed by atoms with van der Waals surface area (Å²) >= 11 is 0. The number of nitrogens with two attached hydrogens (primary N) is 1. The maximum Gasteiger partial charge on any atom is 0.205 e. The molecule has 2 rings (SSSR count). The quantitative estimate of drug-likeness (QED) is 0.528. The van der Waals surface area contributed by atoms with Crippen LogP contribution >= 0.6 is 0 Å². The van der Waals surface area contributed by atoms with Gasteiger partial charge in [0.15, 0.2) is 11.6 Å². The lowest BCUT2D eigenvalue weighted by atomic mass is 9.99. The third-order valence-electron chi connectivity index (χ3n) is 3.49. The first-order valence-corrected chi connectivity index (χ1v) is 6.55. The van der Waals surface area contributed by atoms with Crippen LogP contribution in [0.4, 0.5) is 11.6 Å². The third-order valence-corrected chi connectivity index (χ3v) is 3.49. The van der Waals surface area contributed by atoms with Crippen molar-refractivity contribution in [2.24, 2.45) is 5.84 Å². The van der Waals surface area contributed by atoms with E-state index in [-0.39, 0.29) is 12.6 Å². The molecular weight excluding hydrogens is 246 g/mol. The summed E-state index contributed by atoms with van der Waals surface area (Å²) in [6.07, 6.45) is 5.55. The van der Waals surface area contributed by atoms with E-state index in [0.717, 1.165) is 31.6 Å². The molecule has 2 heterocycles. The van der Waals surface area contributed by atoms with Gasteiger partial charge in [-0.05, 0) is 25.7 Å². The maximum absolute atomic E-state index is 9.19. The molecule has 0 aliphatic carbocycles. The first-order valence-electron chi connectivity index (χ1n) is 6.55. The topological polar surface area (TPSA) is 96.5 Å². The fraction of sp³-hybridized carbons (Fsp3) is 0.667. The van der Waals surface area contributed by atoms with Crippen molar-refractivity contribution >= 4 is 11.6 Å². The van der Waals surface area contributed by atoms with Gasteiger partial charge in [-0.25, -0.2) is 15.8 Å². The van der Waals surface area contributed by atoms with Crippen molar-refractivity contribution in [2.75, 3.05) is 30.6 Å². The highest BCUT2D eigenvalue weighted by Crippen LogP contribution is 2.35. The van der Waals surface area contributed by atoms with Crippen LogP contribution < -0.4 is 20.9 Å². The Hall–Kier alpha value is -1.60. The van der Waals surface area contributed by atoms with Gasteiger partial charge >= 0.3 is 0 Å². The Balaban J connectivity index is 2.32. The summed E-state index contributed by atoms with van der Waals surface area (Å²) in [5.41, 5.74) is 2.52. The minimum absolute atomic E-state index is 0.177. The van der Waals surface area contributed by atoms with Crippen LogP contribution in [0, 0.1) is 0 Å². The fourth-order valence-electron chi connectivity index (χ4n) is 2.59. The van der Waals surface area contributed by atoms with Crippen molar-refractivity contribution in [1.29, 1.82) is 0 Å². The number of hydrogen-bond acceptors (Lipinski definition) is 7. The summed E-state index contributed by atoms with van der Waals surface area (Å²) in [7, 11) is 1.58. The number of hydrazine groups is 1. The first-order chi connectivity index (χ1) is 9.31. The second kappa shape index (κ2) is 6.53. The van der Waals surface area contributed by atoms with Crippen molar-refractivity contribution in [1.82, 2.24) is 9.97 Å². The monoisotopic (exact) mass is 267 g/mol. The van der Waals surface area contributed by atoms with E-state index in [1.54, 1.807) is 7.11 Å². The lowest BCUT2D eigenvalue weighted by Gasteiger charge is -2.37. The summed E-state index contributed by atoms with van der Waals surface area (Å²) in [5.74, 6) is 7.20. The van der Waals surface area contributed by atoms with E-state index in [0.29, 0.717) is 11.6 Å². The summed E-state index contributed by atoms with van der Waals surface area (Å²) in [6.45, 7) is 1.08. The van der Waals surface area contributed by atoms with Crippen LogP contribution in [-0.4, -0.2) is 41.4 Å². The molecule has 1 aromatic rings. The highest BCUT2D eigenvalue weighted by Gasteiger charge is 2.27. The minimum atomic E-state index is 0.177. The summed E-state index contributed by atoms with van der Waals surface area (Å²) in [6, 6.07) is 0.285. The number of nitrogens with zero attached hydrogens (tertiary/aromatic N) is 3. The van der Waals surface area contributed by atoms with Crippen molar-refractivity contribution in [3.63, 3.8) is 0 Å². The number of aliphatic hydroxyl groups is 1. The van der Waals surface area contributed by atoms with E-state index in [1.807, 2.05) is 0 Å². The number of piperidine rings is 1. The highest BCUT2D eigenvalue weighted by molar-refractivity contribution is 5.64. The number of nitrogen functional groups attached to an aromatic ring is 1. The van der Waals surface area contributed by atoms with Gasteiger partial charge in [-0.2, -0.15) is 0 Å². The molecule has 1 saturated heterocycles. The number of hydrogen-bond donors (Lipinski definition) is 3. The second-order valence-electron chi connectivity index (χ2n) is 4.58. The number of ether oxygens (including phenoxy) is 1. The fourth-order valence-corrected chi connectivity index (χ4v) is 2.59. The molecule has 4 N–H and O–H groups in total. The number of methoxy groups -OCH3 is 1. The average Bonchev–Trinajstić information content (AvgIpc) is 2.47. The van der Waals surface area contributed by atoms with Gasteiger partial charge in [0.2, 0.25) is 5.75 Å². The van der Waals surface area contributed by atoms with Gasteiger partial charge in [0, 0.05) is 19.2 Å². The number of aliphatic hydroxyl groups excluding tert-OH is 1. The molecule has 19 heavy (non-hydrogen) atoms. The third kappa shape index (κ3) is 2.87. The second-order valence-corrected chi connectivity index (χ2v) is 4.58. The molecule has 0 saturated carbocycles. The van der Waals surface area contributed by atoms with Gasteiger partial charge in [-0.1, -0.05) is 0 Å². The molecular formula is C12H21N5O2. The molecule has 1 aliphatic heterocycles. The zero-order valence-corrected chi connectivity index (χ0v) is 11.2. The van der Waals surface area contributed by atoms with E-state index < -0.39 is 0 Å². The van der Waals surface area contributed by atoms with Crippen LogP contribution in [-0.2, 0) is 0 Å². The van der Waals surface area contributed by atoms with Gasteiger partial charge in [0.05, 0.1) is 7.11 Å². The van der Waals surface area contributed by atoms with E-state index in [2.05, 4.69) is 20.3 Å². The van der Waals surface area contributed by atoms with Gasteiger partial charge in [0.1, 0.15) is 6.33 Å². The molecule has 0 aromatic carbocycles. The zero-order valence-electron chi connectivity index (χ0n) is 11.2. The van der Waals surface area contributed by atoms with Gasteiger partial charge in [-0.3, -0.25) is 0 Å². The summed E-state index contributed by atoms with van der Waals surface area (Å²) < 4.78 is 5.38. The van der Waals surface area contributed by atoms with Crippen LogP contribution in [0.3, 0.4) is 0 Å². The standard InChI is InChI=1S/C12H21N5O2/c1-19-10-11(16-13)14-8-15-12(10)17-6-3-2-4-9(17)5-7-18/h8-9,18H,2-7,13H2,1H3,(H,14,15,16). The Morgan fingerprint density at radius 2 is 2.37 bits per heavy atom. The Morgan fingerprint density at radius 1 is 1.53 bits per heavy atom. The van der Waals surface area contributed by atoms with E-state index in [4.69, 9.17) is 10.6 Å². The van der Waals surface area contributed by atoms with Crippen LogP contribution in [0.5, 0.6) is 5.75 Å². The van der Waals surface area contributed by atoms with Crippen LogP contribution in [0.2, 0.25) is 0 Å². The molecule has 1 aliphatic rings. The van der Waals surface area contributed by atoms with Gasteiger partial charge in [-0.15, -0.1) is 0 Å². The predicted molar refractivity (Wildman–Crippen MR) is 73.1 cm³/mol. The maximum atomic E-state index is 9.19. The van der Waals surface area contributed by atoms with Gasteiger partial charge in [0.25, 0.3) is 0 Å². The molecule has 0 spiro atoms.